The van der Waals surface area contributed by atoms with E-state index >= 15 is 0 Å². The van der Waals surface area contributed by atoms with Gasteiger partial charge < -0.3 is 9.84 Å². The Morgan fingerprint density at radius 3 is 2.57 bits per heavy atom. The molecule has 1 aromatic heterocycles. The zero-order valence-electron chi connectivity index (χ0n) is 7.60. The van der Waals surface area contributed by atoms with Crippen LogP contribution < -0.4 is 4.74 Å². The second-order valence-electron chi connectivity index (χ2n) is 2.85. The molecule has 72 valence electrons. The third-order valence-corrected chi connectivity index (χ3v) is 2.48. The van der Waals surface area contributed by atoms with Crippen molar-refractivity contribution in [1.82, 2.24) is 4.98 Å². The van der Waals surface area contributed by atoms with Crippen LogP contribution >= 0.6 is 11.3 Å². The van der Waals surface area contributed by atoms with Crippen molar-refractivity contribution < 1.29 is 9.84 Å². The average Bonchev–Trinajstić information content (AvgIpc) is 2.56. The lowest BCUT2D eigenvalue weighted by Crippen LogP contribution is -1.82. The maximum atomic E-state index is 9.06. The molecular weight excluding hydrogens is 198 g/mol. The second kappa shape index (κ2) is 3.67. The minimum absolute atomic E-state index is 0.229. The molecule has 0 saturated carbocycles. The summed E-state index contributed by atoms with van der Waals surface area (Å²) in [5.74, 6) is 0.907. The van der Waals surface area contributed by atoms with Gasteiger partial charge in [0, 0.05) is 5.38 Å². The monoisotopic (exact) mass is 207 g/mol. The number of benzene rings is 1. The van der Waals surface area contributed by atoms with Crippen molar-refractivity contribution in [3.8, 4) is 16.7 Å². The van der Waals surface area contributed by atoms with Gasteiger partial charge in [-0.1, -0.05) is 11.3 Å². The molecule has 1 heterocycles. The Labute approximate surface area is 85.6 Å². The summed E-state index contributed by atoms with van der Waals surface area (Å²) in [6.45, 7) is 1.92. The zero-order valence-corrected chi connectivity index (χ0v) is 8.41. The summed E-state index contributed by atoms with van der Waals surface area (Å²) in [7, 11) is 0. The second-order valence-corrected chi connectivity index (χ2v) is 3.67. The fraction of sp³-hybridized carbons (Fsp3) is 0.100. The lowest BCUT2D eigenvalue weighted by molar-refractivity contribution is 0.462. The van der Waals surface area contributed by atoms with Crippen LogP contribution in [0.3, 0.4) is 0 Å². The van der Waals surface area contributed by atoms with E-state index in [0.29, 0.717) is 10.9 Å². The van der Waals surface area contributed by atoms with Gasteiger partial charge in [-0.2, -0.15) is 0 Å². The number of ether oxygens (including phenoxy) is 1. The molecule has 2 aromatic rings. The number of aromatic hydroxyl groups is 1. The number of aryl methyl sites for hydroxylation is 1. The van der Waals surface area contributed by atoms with Crippen LogP contribution in [0.1, 0.15) is 5.69 Å². The fourth-order valence-electron chi connectivity index (χ4n) is 0.994. The highest BCUT2D eigenvalue weighted by molar-refractivity contribution is 7.11. The molecule has 0 spiro atoms. The van der Waals surface area contributed by atoms with E-state index in [9.17, 15) is 0 Å². The molecule has 3 nitrogen and oxygen atoms in total. The number of hydrogen-bond acceptors (Lipinski definition) is 4. The topological polar surface area (TPSA) is 42.4 Å². The van der Waals surface area contributed by atoms with Gasteiger partial charge in [0.1, 0.15) is 11.5 Å². The van der Waals surface area contributed by atoms with Crippen molar-refractivity contribution in [3.63, 3.8) is 0 Å². The van der Waals surface area contributed by atoms with Crippen LogP contribution in [0.2, 0.25) is 0 Å². The Hall–Kier alpha value is -1.55. The Morgan fingerprint density at radius 2 is 2.00 bits per heavy atom. The van der Waals surface area contributed by atoms with Crippen LogP contribution in [0, 0.1) is 6.92 Å². The maximum absolute atomic E-state index is 9.06. The number of phenolic OH excluding ortho intramolecular Hbond substituents is 1. The van der Waals surface area contributed by atoms with E-state index in [1.54, 1.807) is 24.3 Å². The normalized spacial score (nSPS) is 10.1. The van der Waals surface area contributed by atoms with E-state index in [4.69, 9.17) is 9.84 Å². The van der Waals surface area contributed by atoms with Crippen molar-refractivity contribution in [2.45, 2.75) is 6.92 Å². The highest BCUT2D eigenvalue weighted by Crippen LogP contribution is 2.25. The number of aromatic nitrogens is 1. The molecule has 0 aliphatic heterocycles. The van der Waals surface area contributed by atoms with E-state index in [1.165, 1.54) is 11.3 Å². The Kier molecular flexibility index (Phi) is 2.37. The van der Waals surface area contributed by atoms with Crippen molar-refractivity contribution in [2.24, 2.45) is 0 Å². The zero-order chi connectivity index (χ0) is 9.97. The first-order chi connectivity index (χ1) is 6.74. The van der Waals surface area contributed by atoms with Gasteiger partial charge in [-0.3, -0.25) is 0 Å². The summed E-state index contributed by atoms with van der Waals surface area (Å²) in [5.41, 5.74) is 0.948. The molecule has 1 aromatic carbocycles. The third kappa shape index (κ3) is 2.03. The van der Waals surface area contributed by atoms with Crippen LogP contribution in [0.25, 0.3) is 0 Å². The first-order valence-corrected chi connectivity index (χ1v) is 5.01. The molecule has 0 aliphatic carbocycles. The molecule has 2 rings (SSSR count). The van der Waals surface area contributed by atoms with Gasteiger partial charge in [0.15, 0.2) is 0 Å². The van der Waals surface area contributed by atoms with Gasteiger partial charge in [0.2, 0.25) is 0 Å². The largest absolute Gasteiger partial charge is 0.508 e. The molecule has 1 N–H and O–H groups in total. The van der Waals surface area contributed by atoms with Crippen LogP contribution in [-0.4, -0.2) is 10.1 Å². The maximum Gasteiger partial charge on any atom is 0.278 e. The van der Waals surface area contributed by atoms with Crippen molar-refractivity contribution in [1.29, 1.82) is 0 Å². The Balaban J connectivity index is 2.15. The summed E-state index contributed by atoms with van der Waals surface area (Å²) >= 11 is 1.45. The van der Waals surface area contributed by atoms with Crippen LogP contribution in [-0.2, 0) is 0 Å². The smallest absolute Gasteiger partial charge is 0.278 e. The quantitative estimate of drug-likeness (QED) is 0.823. The van der Waals surface area contributed by atoms with Gasteiger partial charge in [0.05, 0.1) is 5.69 Å². The van der Waals surface area contributed by atoms with Crippen molar-refractivity contribution in [2.75, 3.05) is 0 Å². The van der Waals surface area contributed by atoms with Crippen molar-refractivity contribution >= 4 is 11.3 Å². The highest BCUT2D eigenvalue weighted by Gasteiger charge is 2.00. The van der Waals surface area contributed by atoms with Gasteiger partial charge in [-0.05, 0) is 31.2 Å². The van der Waals surface area contributed by atoms with Crippen LogP contribution in [0.5, 0.6) is 16.7 Å². The van der Waals surface area contributed by atoms with E-state index in [0.717, 1.165) is 5.69 Å². The van der Waals surface area contributed by atoms with Gasteiger partial charge in [-0.15, -0.1) is 0 Å². The van der Waals surface area contributed by atoms with Crippen molar-refractivity contribution in [3.05, 3.63) is 35.3 Å². The highest BCUT2D eigenvalue weighted by atomic mass is 32.1. The molecule has 14 heavy (non-hydrogen) atoms. The minimum atomic E-state index is 0.229. The predicted molar refractivity (Wildman–Crippen MR) is 55.0 cm³/mol. The lowest BCUT2D eigenvalue weighted by atomic mass is 10.3. The molecular formula is C10H9NO2S. The molecule has 0 bridgehead atoms. The first kappa shape index (κ1) is 9.02. The summed E-state index contributed by atoms with van der Waals surface area (Å²) in [6, 6.07) is 6.56. The number of phenols is 1. The van der Waals surface area contributed by atoms with E-state index in [1.807, 2.05) is 12.3 Å². The predicted octanol–water partition coefficient (Wildman–Crippen LogP) is 2.95. The summed E-state index contributed by atoms with van der Waals surface area (Å²) in [6.07, 6.45) is 0. The average molecular weight is 207 g/mol. The van der Waals surface area contributed by atoms with E-state index < -0.39 is 0 Å². The molecule has 0 radical (unpaired) electrons. The van der Waals surface area contributed by atoms with Gasteiger partial charge in [0.25, 0.3) is 5.19 Å². The number of rotatable bonds is 2. The molecule has 0 aliphatic rings. The SMILES string of the molecule is Cc1csc(Oc2ccc(O)cc2)n1. The standard InChI is InChI=1S/C10H9NO2S/c1-7-6-14-10(11-7)13-9-4-2-8(12)3-5-9/h2-6,12H,1H3. The van der Waals surface area contributed by atoms with Gasteiger partial charge >= 0.3 is 0 Å². The summed E-state index contributed by atoms with van der Waals surface area (Å²) in [5, 5.41) is 11.6. The number of nitrogens with zero attached hydrogens (tertiary/aromatic N) is 1. The van der Waals surface area contributed by atoms with E-state index in [2.05, 4.69) is 4.98 Å². The Morgan fingerprint density at radius 1 is 1.29 bits per heavy atom. The van der Waals surface area contributed by atoms with Crippen LogP contribution in [0.15, 0.2) is 29.6 Å². The molecule has 0 atom stereocenters. The first-order valence-electron chi connectivity index (χ1n) is 4.13. The Bertz CT molecular complexity index is 422. The summed E-state index contributed by atoms with van der Waals surface area (Å²) < 4.78 is 5.45. The molecule has 0 fully saturated rings. The third-order valence-electron chi connectivity index (χ3n) is 1.64. The molecule has 4 heteroatoms. The molecule has 0 amide bonds. The number of hydrogen-bond donors (Lipinski definition) is 1. The molecule has 0 saturated heterocycles. The van der Waals surface area contributed by atoms with E-state index in [-0.39, 0.29) is 5.75 Å². The fourth-order valence-corrected chi connectivity index (χ4v) is 1.66. The lowest BCUT2D eigenvalue weighted by Gasteiger charge is -2.00. The van der Waals surface area contributed by atoms with Crippen LogP contribution in [0.4, 0.5) is 0 Å². The minimum Gasteiger partial charge on any atom is -0.508 e. The summed E-state index contributed by atoms with van der Waals surface area (Å²) in [4.78, 5) is 4.16. The van der Waals surface area contributed by atoms with Gasteiger partial charge in [-0.25, -0.2) is 4.98 Å². The molecule has 0 unspecified atom stereocenters. The number of thiazole rings is 1.